The second-order valence-corrected chi connectivity index (χ2v) is 15.6. The molecule has 1 atom stereocenters. The van der Waals surface area contributed by atoms with Crippen molar-refractivity contribution >= 4 is 11.8 Å². The quantitative estimate of drug-likeness (QED) is 0.0484. The second-order valence-electron chi connectivity index (χ2n) is 14.4. The molecule has 1 nitrogen and oxygen atoms in total. The maximum Gasteiger partial charge on any atom is 0.0581 e. The third kappa shape index (κ3) is 36.4. The molecule has 0 aliphatic carbocycles. The van der Waals surface area contributed by atoms with E-state index < -0.39 is 0 Å². The Morgan fingerprint density at radius 1 is 0.478 bits per heavy atom. The number of ether oxygens (including phenoxy) is 1. The molecule has 1 unspecified atom stereocenters. The number of unbranched alkanes of at least 4 members (excludes halogenated alkanes) is 24. The normalized spacial score (nSPS) is 13.2. The second kappa shape index (κ2) is 39.0. The molecule has 272 valence electrons. The standard InChI is InChI=1S/C44H84OS/c1-6-8-10-12-14-16-18-20-22-24-26-28-30-32-34-36-40-45-43(5)38-39-44(42(3)4)46-41-37-35-33-31-29-27-25-23-21-19-17-15-13-11-9-7-2/h20-23,39,42-43H,6-19,24-38,40-41H2,1-5H3/b22-20-,23-21-,44-39+. The first-order chi connectivity index (χ1) is 22.6. The summed E-state index contributed by atoms with van der Waals surface area (Å²) >= 11 is 2.10. The number of hydrogen-bond acceptors (Lipinski definition) is 2. The summed E-state index contributed by atoms with van der Waals surface area (Å²) in [6.07, 6.45) is 52.0. The Bertz CT molecular complexity index is 663. The first-order valence-corrected chi connectivity index (χ1v) is 21.8. The highest BCUT2D eigenvalue weighted by atomic mass is 32.2. The maximum atomic E-state index is 6.16. The summed E-state index contributed by atoms with van der Waals surface area (Å²) in [5.41, 5.74) is 0. The van der Waals surface area contributed by atoms with Gasteiger partial charge in [-0.3, -0.25) is 0 Å². The SMILES string of the molecule is CCCCCCCC/C=C\CCCCCCCCOC(C)C/C=C(/SCCCCCCCC/C=C\CCCCCCCC)C(C)C. The Hall–Kier alpha value is -0.470. The van der Waals surface area contributed by atoms with Gasteiger partial charge in [0.15, 0.2) is 0 Å². The molecule has 0 bridgehead atoms. The van der Waals surface area contributed by atoms with Crippen molar-refractivity contribution in [2.24, 2.45) is 5.92 Å². The fourth-order valence-electron chi connectivity index (χ4n) is 5.99. The van der Waals surface area contributed by atoms with E-state index in [1.807, 2.05) is 0 Å². The van der Waals surface area contributed by atoms with Gasteiger partial charge in [-0.25, -0.2) is 0 Å². The van der Waals surface area contributed by atoms with Crippen LogP contribution in [0.25, 0.3) is 0 Å². The molecule has 0 rings (SSSR count). The van der Waals surface area contributed by atoms with Crippen LogP contribution in [0.5, 0.6) is 0 Å². The highest BCUT2D eigenvalue weighted by Crippen LogP contribution is 2.27. The number of allylic oxidation sites excluding steroid dienone is 5. The summed E-state index contributed by atoms with van der Waals surface area (Å²) in [6, 6.07) is 0. The molecule has 0 fully saturated rings. The summed E-state index contributed by atoms with van der Waals surface area (Å²) in [4.78, 5) is 1.57. The van der Waals surface area contributed by atoms with Crippen molar-refractivity contribution < 1.29 is 4.74 Å². The van der Waals surface area contributed by atoms with Gasteiger partial charge in [0.2, 0.25) is 0 Å². The van der Waals surface area contributed by atoms with Gasteiger partial charge in [0.1, 0.15) is 0 Å². The van der Waals surface area contributed by atoms with Crippen LogP contribution in [-0.4, -0.2) is 18.5 Å². The van der Waals surface area contributed by atoms with E-state index in [1.165, 1.54) is 186 Å². The molecule has 0 heterocycles. The van der Waals surface area contributed by atoms with Gasteiger partial charge >= 0.3 is 0 Å². The van der Waals surface area contributed by atoms with E-state index in [4.69, 9.17) is 4.74 Å². The Morgan fingerprint density at radius 2 is 0.848 bits per heavy atom. The van der Waals surface area contributed by atoms with E-state index in [2.05, 4.69) is 76.8 Å². The lowest BCUT2D eigenvalue weighted by Crippen LogP contribution is -2.08. The average molecular weight is 661 g/mol. The minimum Gasteiger partial charge on any atom is -0.378 e. The first kappa shape index (κ1) is 45.5. The summed E-state index contributed by atoms with van der Waals surface area (Å²) in [5.74, 6) is 1.90. The third-order valence-corrected chi connectivity index (χ3v) is 10.7. The molecule has 0 aliphatic rings. The molecular weight excluding hydrogens is 577 g/mol. The predicted octanol–water partition coefficient (Wildman–Crippen LogP) is 16.1. The Morgan fingerprint density at radius 3 is 1.26 bits per heavy atom. The van der Waals surface area contributed by atoms with E-state index in [1.54, 1.807) is 4.91 Å². The molecule has 0 amide bonds. The monoisotopic (exact) mass is 661 g/mol. The van der Waals surface area contributed by atoms with Crippen LogP contribution in [-0.2, 0) is 4.74 Å². The van der Waals surface area contributed by atoms with Crippen LogP contribution in [0.4, 0.5) is 0 Å². The van der Waals surface area contributed by atoms with Gasteiger partial charge in [-0.15, -0.1) is 11.8 Å². The van der Waals surface area contributed by atoms with Crippen LogP contribution in [0.2, 0.25) is 0 Å². The van der Waals surface area contributed by atoms with Crippen molar-refractivity contribution in [3.05, 3.63) is 35.3 Å². The van der Waals surface area contributed by atoms with Crippen LogP contribution in [0, 0.1) is 5.92 Å². The van der Waals surface area contributed by atoms with Crippen LogP contribution in [0.15, 0.2) is 35.3 Å². The lowest BCUT2D eigenvalue weighted by molar-refractivity contribution is 0.0651. The molecule has 0 aliphatic heterocycles. The zero-order valence-corrected chi connectivity index (χ0v) is 33.1. The molecule has 0 saturated carbocycles. The summed E-state index contributed by atoms with van der Waals surface area (Å²) in [6.45, 7) is 12.5. The summed E-state index contributed by atoms with van der Waals surface area (Å²) in [5, 5.41) is 0. The Labute approximate surface area is 296 Å². The van der Waals surface area contributed by atoms with Crippen molar-refractivity contribution in [3.63, 3.8) is 0 Å². The van der Waals surface area contributed by atoms with E-state index in [0.29, 0.717) is 12.0 Å². The summed E-state index contributed by atoms with van der Waals surface area (Å²) in [7, 11) is 0. The fourth-order valence-corrected chi connectivity index (χ4v) is 7.12. The number of rotatable bonds is 37. The zero-order valence-electron chi connectivity index (χ0n) is 32.3. The maximum absolute atomic E-state index is 6.16. The van der Waals surface area contributed by atoms with Crippen molar-refractivity contribution in [3.8, 4) is 0 Å². The zero-order chi connectivity index (χ0) is 33.6. The van der Waals surface area contributed by atoms with Crippen molar-refractivity contribution in [1.29, 1.82) is 0 Å². The molecule has 46 heavy (non-hydrogen) atoms. The van der Waals surface area contributed by atoms with Gasteiger partial charge in [0.05, 0.1) is 6.10 Å². The van der Waals surface area contributed by atoms with E-state index >= 15 is 0 Å². The van der Waals surface area contributed by atoms with Crippen molar-refractivity contribution in [1.82, 2.24) is 0 Å². The minimum absolute atomic E-state index is 0.336. The summed E-state index contributed by atoms with van der Waals surface area (Å²) < 4.78 is 6.16. The predicted molar refractivity (Wildman–Crippen MR) is 214 cm³/mol. The molecule has 0 spiro atoms. The van der Waals surface area contributed by atoms with E-state index in [-0.39, 0.29) is 0 Å². The molecule has 2 heteroatoms. The smallest absolute Gasteiger partial charge is 0.0581 e. The van der Waals surface area contributed by atoms with Crippen LogP contribution < -0.4 is 0 Å². The lowest BCUT2D eigenvalue weighted by atomic mass is 10.1. The van der Waals surface area contributed by atoms with E-state index in [0.717, 1.165) is 13.0 Å². The highest BCUT2D eigenvalue weighted by Gasteiger charge is 2.07. The van der Waals surface area contributed by atoms with Gasteiger partial charge in [-0.05, 0) is 94.1 Å². The molecular formula is C44H84OS. The van der Waals surface area contributed by atoms with Gasteiger partial charge in [-0.1, -0.05) is 174 Å². The van der Waals surface area contributed by atoms with Gasteiger partial charge in [-0.2, -0.15) is 0 Å². The molecule has 0 aromatic heterocycles. The molecule has 0 saturated heterocycles. The molecule has 0 aromatic carbocycles. The first-order valence-electron chi connectivity index (χ1n) is 20.9. The molecule has 0 aromatic rings. The Kier molecular flexibility index (Phi) is 38.6. The number of hydrogen-bond donors (Lipinski definition) is 0. The highest BCUT2D eigenvalue weighted by molar-refractivity contribution is 8.03. The topological polar surface area (TPSA) is 9.23 Å². The van der Waals surface area contributed by atoms with Crippen LogP contribution >= 0.6 is 11.8 Å². The largest absolute Gasteiger partial charge is 0.378 e. The average Bonchev–Trinajstić information content (AvgIpc) is 3.05. The Balaban J connectivity index is 3.61. The lowest BCUT2D eigenvalue weighted by Gasteiger charge is -2.15. The third-order valence-electron chi connectivity index (χ3n) is 9.20. The van der Waals surface area contributed by atoms with Crippen molar-refractivity contribution in [2.45, 2.75) is 227 Å². The molecule has 0 N–H and O–H groups in total. The van der Waals surface area contributed by atoms with Crippen LogP contribution in [0.3, 0.4) is 0 Å². The minimum atomic E-state index is 0.336. The van der Waals surface area contributed by atoms with Gasteiger partial charge in [0, 0.05) is 6.61 Å². The van der Waals surface area contributed by atoms with E-state index in [9.17, 15) is 0 Å². The number of thioether (sulfide) groups is 1. The molecule has 0 radical (unpaired) electrons. The van der Waals surface area contributed by atoms with Gasteiger partial charge in [0.25, 0.3) is 0 Å². The van der Waals surface area contributed by atoms with Crippen molar-refractivity contribution in [2.75, 3.05) is 12.4 Å². The van der Waals surface area contributed by atoms with Gasteiger partial charge < -0.3 is 4.74 Å². The van der Waals surface area contributed by atoms with Crippen LogP contribution in [0.1, 0.15) is 221 Å². The fraction of sp³-hybridized carbons (Fsp3) is 0.864.